The molecule has 172 valence electrons. The van der Waals surface area contributed by atoms with Gasteiger partial charge in [-0.2, -0.15) is 0 Å². The molecule has 0 unspecified atom stereocenters. The highest BCUT2D eigenvalue weighted by Crippen LogP contribution is 2.35. The number of phenolic OH excluding ortho intramolecular Hbond substituents is 2. The van der Waals surface area contributed by atoms with Crippen LogP contribution in [0.5, 0.6) is 11.5 Å². The lowest BCUT2D eigenvalue weighted by Gasteiger charge is -2.27. The van der Waals surface area contributed by atoms with Gasteiger partial charge in [-0.05, 0) is 80.7 Å². The largest absolute Gasteiger partial charge is 0.508 e. The summed E-state index contributed by atoms with van der Waals surface area (Å²) in [5, 5.41) is 30.5. The zero-order valence-corrected chi connectivity index (χ0v) is 19.8. The molecular weight excluding hydrogens is 408 g/mol. The van der Waals surface area contributed by atoms with E-state index in [2.05, 4.69) is 30.5 Å². The van der Waals surface area contributed by atoms with Gasteiger partial charge >= 0.3 is 0 Å². The molecule has 31 heavy (non-hydrogen) atoms. The normalized spacial score (nSPS) is 26.5. The van der Waals surface area contributed by atoms with Crippen LogP contribution in [0.25, 0.3) is 10.8 Å². The summed E-state index contributed by atoms with van der Waals surface area (Å²) in [6.45, 7) is 5.99. The monoisotopic (exact) mass is 446 g/mol. The molecule has 4 nitrogen and oxygen atoms in total. The predicted molar refractivity (Wildman–Crippen MR) is 131 cm³/mol. The number of phenols is 2. The van der Waals surface area contributed by atoms with Crippen molar-refractivity contribution in [1.82, 2.24) is 10.6 Å². The first-order valence-electron chi connectivity index (χ1n) is 11.9. The number of fused-ring (bicyclic) bond motifs is 1. The van der Waals surface area contributed by atoms with Crippen LogP contribution >= 0.6 is 12.4 Å². The van der Waals surface area contributed by atoms with E-state index in [4.69, 9.17) is 0 Å². The molecular formula is C26H39ClN2O2. The summed E-state index contributed by atoms with van der Waals surface area (Å²) < 4.78 is 0. The number of hydrogen-bond donors (Lipinski definition) is 4. The highest BCUT2D eigenvalue weighted by atomic mass is 35.5. The van der Waals surface area contributed by atoms with E-state index in [1.807, 2.05) is 12.1 Å². The Morgan fingerprint density at radius 3 is 1.81 bits per heavy atom. The van der Waals surface area contributed by atoms with Crippen LogP contribution in [0.3, 0.4) is 0 Å². The van der Waals surface area contributed by atoms with Crippen molar-refractivity contribution in [3.8, 4) is 11.5 Å². The van der Waals surface area contributed by atoms with Gasteiger partial charge in [-0.15, -0.1) is 12.4 Å². The molecule has 2 aromatic rings. The highest BCUT2D eigenvalue weighted by Gasteiger charge is 2.20. The maximum Gasteiger partial charge on any atom is 0.127 e. The maximum absolute atomic E-state index is 10.9. The summed E-state index contributed by atoms with van der Waals surface area (Å²) in [7, 11) is 0. The Labute approximate surface area is 193 Å². The lowest BCUT2D eigenvalue weighted by molar-refractivity contribution is 0.305. The molecule has 0 atom stereocenters. The number of hydrogen-bond acceptors (Lipinski definition) is 4. The van der Waals surface area contributed by atoms with Crippen molar-refractivity contribution in [3.63, 3.8) is 0 Å². The number of halogens is 1. The summed E-state index contributed by atoms with van der Waals surface area (Å²) in [4.78, 5) is 0. The minimum absolute atomic E-state index is 0. The Morgan fingerprint density at radius 2 is 1.23 bits per heavy atom. The summed E-state index contributed by atoms with van der Waals surface area (Å²) in [5.74, 6) is 2.32. The van der Waals surface area contributed by atoms with Gasteiger partial charge in [0.1, 0.15) is 11.5 Å². The number of nitrogens with one attached hydrogen (secondary N) is 2. The van der Waals surface area contributed by atoms with Crippen LogP contribution in [0.4, 0.5) is 0 Å². The van der Waals surface area contributed by atoms with Gasteiger partial charge in [-0.1, -0.05) is 26.0 Å². The fourth-order valence-electron chi connectivity index (χ4n) is 5.24. The van der Waals surface area contributed by atoms with Gasteiger partial charge in [0.05, 0.1) is 0 Å². The van der Waals surface area contributed by atoms with Gasteiger partial charge in [0.25, 0.3) is 0 Å². The molecule has 0 aliphatic heterocycles. The minimum Gasteiger partial charge on any atom is -0.508 e. The number of benzene rings is 2. The first-order valence-corrected chi connectivity index (χ1v) is 11.9. The molecule has 0 saturated heterocycles. The van der Waals surface area contributed by atoms with Crippen LogP contribution in [-0.4, -0.2) is 22.3 Å². The second kappa shape index (κ2) is 10.9. The lowest BCUT2D eigenvalue weighted by Crippen LogP contribution is -2.32. The van der Waals surface area contributed by atoms with Crippen molar-refractivity contribution >= 4 is 23.2 Å². The smallest absolute Gasteiger partial charge is 0.127 e. The van der Waals surface area contributed by atoms with E-state index in [-0.39, 0.29) is 12.4 Å². The van der Waals surface area contributed by atoms with Gasteiger partial charge in [0, 0.05) is 41.7 Å². The zero-order chi connectivity index (χ0) is 21.1. The molecule has 0 radical (unpaired) electrons. The van der Waals surface area contributed by atoms with Crippen LogP contribution in [-0.2, 0) is 13.1 Å². The van der Waals surface area contributed by atoms with Crippen LogP contribution in [0, 0.1) is 11.8 Å². The van der Waals surface area contributed by atoms with Crippen molar-refractivity contribution in [1.29, 1.82) is 0 Å². The molecule has 4 N–H and O–H groups in total. The zero-order valence-electron chi connectivity index (χ0n) is 19.0. The van der Waals surface area contributed by atoms with Crippen molar-refractivity contribution < 1.29 is 10.2 Å². The lowest BCUT2D eigenvalue weighted by atomic mass is 9.87. The van der Waals surface area contributed by atoms with Crippen LogP contribution in [0.15, 0.2) is 24.3 Å². The molecule has 0 heterocycles. The van der Waals surface area contributed by atoms with E-state index >= 15 is 0 Å². The quantitative estimate of drug-likeness (QED) is 0.438. The summed E-state index contributed by atoms with van der Waals surface area (Å²) in [5.41, 5.74) is 1.83. The van der Waals surface area contributed by atoms with Gasteiger partial charge in [-0.3, -0.25) is 0 Å². The fourth-order valence-corrected chi connectivity index (χ4v) is 5.24. The SMILES string of the molecule is CC1CCC(NCc2ccc3c(CNC4CCC(C)CC4)c(O)ccc3c2O)CC1.Cl. The topological polar surface area (TPSA) is 64.5 Å². The van der Waals surface area contributed by atoms with Gasteiger partial charge < -0.3 is 20.8 Å². The van der Waals surface area contributed by atoms with Gasteiger partial charge in [-0.25, -0.2) is 0 Å². The molecule has 0 aromatic heterocycles. The molecule has 5 heteroatoms. The Kier molecular flexibility index (Phi) is 8.49. The predicted octanol–water partition coefficient (Wildman–Crippen LogP) is 6.01. The molecule has 0 spiro atoms. The fraction of sp³-hybridized carbons (Fsp3) is 0.615. The van der Waals surface area contributed by atoms with Crippen molar-refractivity contribution in [2.24, 2.45) is 11.8 Å². The third kappa shape index (κ3) is 5.85. The first kappa shape index (κ1) is 24.2. The van der Waals surface area contributed by atoms with Crippen LogP contribution in [0.1, 0.15) is 76.3 Å². The Hall–Kier alpha value is -1.49. The standard InChI is InChI=1S/C26H38N2O2.ClH/c1-17-3-8-20(9-4-17)27-15-19-7-12-22-23(26(19)30)13-14-25(29)24(22)16-28-21-10-5-18(2)6-11-21;/h7,12-14,17-18,20-21,27-30H,3-6,8-11,15-16H2,1-2H3;1H. The van der Waals surface area contributed by atoms with Crippen molar-refractivity contribution in [3.05, 3.63) is 35.4 Å². The molecule has 2 fully saturated rings. The second-order valence-corrected chi connectivity index (χ2v) is 9.91. The van der Waals surface area contributed by atoms with E-state index < -0.39 is 0 Å². The Morgan fingerprint density at radius 1 is 0.710 bits per heavy atom. The number of aromatic hydroxyl groups is 2. The average molecular weight is 447 g/mol. The Bertz CT molecular complexity index is 856. The van der Waals surface area contributed by atoms with Crippen molar-refractivity contribution in [2.75, 3.05) is 0 Å². The average Bonchev–Trinajstić information content (AvgIpc) is 2.75. The number of rotatable bonds is 6. The van der Waals surface area contributed by atoms with E-state index in [1.54, 1.807) is 6.07 Å². The minimum atomic E-state index is 0. The molecule has 2 saturated carbocycles. The molecule has 2 aromatic carbocycles. The summed E-state index contributed by atoms with van der Waals surface area (Å²) in [6.07, 6.45) is 9.97. The van der Waals surface area contributed by atoms with E-state index in [0.717, 1.165) is 33.7 Å². The molecule has 2 aliphatic rings. The van der Waals surface area contributed by atoms with Gasteiger partial charge in [0.15, 0.2) is 0 Å². The third-order valence-electron chi connectivity index (χ3n) is 7.52. The van der Waals surface area contributed by atoms with E-state index in [0.29, 0.717) is 36.7 Å². The van der Waals surface area contributed by atoms with E-state index in [1.165, 1.54) is 51.4 Å². The molecule has 4 rings (SSSR count). The van der Waals surface area contributed by atoms with Gasteiger partial charge in [0.2, 0.25) is 0 Å². The highest BCUT2D eigenvalue weighted by molar-refractivity contribution is 5.93. The summed E-state index contributed by atoms with van der Waals surface area (Å²) >= 11 is 0. The second-order valence-electron chi connectivity index (χ2n) is 9.91. The first-order chi connectivity index (χ1) is 14.5. The molecule has 0 amide bonds. The summed E-state index contributed by atoms with van der Waals surface area (Å²) in [6, 6.07) is 8.72. The van der Waals surface area contributed by atoms with Crippen LogP contribution in [0.2, 0.25) is 0 Å². The molecule has 0 bridgehead atoms. The molecule has 2 aliphatic carbocycles. The van der Waals surface area contributed by atoms with Crippen LogP contribution < -0.4 is 10.6 Å². The van der Waals surface area contributed by atoms with E-state index in [9.17, 15) is 10.2 Å². The maximum atomic E-state index is 10.9. The van der Waals surface area contributed by atoms with Crippen molar-refractivity contribution in [2.45, 2.75) is 90.4 Å². The Balaban J connectivity index is 0.00000272. The third-order valence-corrected chi connectivity index (χ3v) is 7.52.